The highest BCUT2D eigenvalue weighted by molar-refractivity contribution is 7.09. The van der Waals surface area contributed by atoms with E-state index in [0.29, 0.717) is 6.42 Å². The molecule has 0 unspecified atom stereocenters. The van der Waals surface area contributed by atoms with Crippen LogP contribution in [0.5, 0.6) is 0 Å². The van der Waals surface area contributed by atoms with Crippen molar-refractivity contribution in [1.82, 2.24) is 0 Å². The van der Waals surface area contributed by atoms with Crippen molar-refractivity contribution in [2.24, 2.45) is 0 Å². The third-order valence-electron chi connectivity index (χ3n) is 1.78. The molecule has 12 heavy (non-hydrogen) atoms. The summed E-state index contributed by atoms with van der Waals surface area (Å²) in [4.78, 5) is 11.3. The number of rotatable bonds is 6. The van der Waals surface area contributed by atoms with Crippen molar-refractivity contribution in [3.63, 3.8) is 0 Å². The molecule has 1 nitrogen and oxygen atoms in total. The summed E-state index contributed by atoms with van der Waals surface area (Å²) in [5, 5.41) is 2.11. The zero-order valence-electron chi connectivity index (χ0n) is 7.08. The first-order chi connectivity index (χ1) is 5.93. The summed E-state index contributed by atoms with van der Waals surface area (Å²) in [6.07, 6.45) is 7.02. The van der Waals surface area contributed by atoms with Crippen LogP contribution in [0, 0.1) is 0 Å². The molecule has 0 bridgehead atoms. The smallest absolute Gasteiger partial charge is 0.198 e. The second-order valence-corrected chi connectivity index (χ2v) is 3.82. The third-order valence-corrected chi connectivity index (χ3v) is 2.72. The first-order valence-electron chi connectivity index (χ1n) is 4.31. The number of hydrogen-bond donors (Lipinski definition) is 0. The maximum atomic E-state index is 9.87. The maximum Gasteiger partial charge on any atom is 0.198 e. The summed E-state index contributed by atoms with van der Waals surface area (Å²) >= 11 is 1.81. The normalized spacial score (nSPS) is 10.0. The fourth-order valence-electron chi connectivity index (χ4n) is 1.13. The van der Waals surface area contributed by atoms with Crippen LogP contribution < -0.4 is 0 Å². The van der Waals surface area contributed by atoms with E-state index in [-0.39, 0.29) is 0 Å². The third kappa shape index (κ3) is 3.67. The summed E-state index contributed by atoms with van der Waals surface area (Å²) in [7, 11) is 0. The van der Waals surface area contributed by atoms with Gasteiger partial charge >= 0.3 is 0 Å². The van der Waals surface area contributed by atoms with E-state index in [2.05, 4.69) is 17.5 Å². The van der Waals surface area contributed by atoms with E-state index in [4.69, 9.17) is 0 Å². The van der Waals surface area contributed by atoms with Crippen molar-refractivity contribution in [2.75, 3.05) is 0 Å². The number of unbranched alkanes of at least 4 members (excludes halogenated alkanes) is 3. The van der Waals surface area contributed by atoms with E-state index in [0.717, 1.165) is 19.3 Å². The zero-order chi connectivity index (χ0) is 8.65. The fraction of sp³-hybridized carbons (Fsp3) is 0.500. The average Bonchev–Trinajstić information content (AvgIpc) is 2.57. The van der Waals surface area contributed by atoms with Crippen molar-refractivity contribution < 1.29 is 4.79 Å². The average molecular weight is 181 g/mol. The van der Waals surface area contributed by atoms with Crippen LogP contribution in [-0.2, 0) is 11.2 Å². The summed E-state index contributed by atoms with van der Waals surface area (Å²) in [6, 6.07) is 4.25. The summed E-state index contributed by atoms with van der Waals surface area (Å²) in [5.74, 6) is 0. The Morgan fingerprint density at radius 2 is 2.25 bits per heavy atom. The van der Waals surface area contributed by atoms with Gasteiger partial charge in [0.05, 0.1) is 0 Å². The molecule has 1 heterocycles. The highest BCUT2D eigenvalue weighted by atomic mass is 32.1. The molecule has 2 heteroatoms. The van der Waals surface area contributed by atoms with E-state index < -0.39 is 0 Å². The largest absolute Gasteiger partial charge is 0.291 e. The van der Waals surface area contributed by atoms with Gasteiger partial charge in [-0.2, -0.15) is 0 Å². The van der Waals surface area contributed by atoms with Crippen LogP contribution in [0.2, 0.25) is 0 Å². The first kappa shape index (κ1) is 9.46. The molecule has 1 aromatic heterocycles. The molecule has 1 radical (unpaired) electrons. The SMILES string of the molecule is O=[C]CCCCCc1cccs1. The van der Waals surface area contributed by atoms with E-state index in [1.165, 1.54) is 11.3 Å². The Bertz CT molecular complexity index is 204. The Morgan fingerprint density at radius 1 is 1.33 bits per heavy atom. The van der Waals surface area contributed by atoms with Crippen LogP contribution in [0.4, 0.5) is 0 Å². The molecule has 0 aliphatic heterocycles. The lowest BCUT2D eigenvalue weighted by molar-refractivity contribution is 0.545. The minimum atomic E-state index is 0.602. The Labute approximate surface area is 77.4 Å². The van der Waals surface area contributed by atoms with E-state index in [9.17, 15) is 4.79 Å². The van der Waals surface area contributed by atoms with Gasteiger partial charge in [-0.3, -0.25) is 4.79 Å². The van der Waals surface area contributed by atoms with Gasteiger partial charge in [0.2, 0.25) is 0 Å². The van der Waals surface area contributed by atoms with E-state index in [1.807, 2.05) is 17.6 Å². The molecule has 0 aliphatic rings. The van der Waals surface area contributed by atoms with Crippen molar-refractivity contribution in [3.05, 3.63) is 22.4 Å². The van der Waals surface area contributed by atoms with Gasteiger partial charge in [0.15, 0.2) is 6.29 Å². The molecule has 1 rings (SSSR count). The lowest BCUT2D eigenvalue weighted by Gasteiger charge is -1.95. The first-order valence-corrected chi connectivity index (χ1v) is 5.19. The highest BCUT2D eigenvalue weighted by Crippen LogP contribution is 2.12. The molecule has 65 valence electrons. The summed E-state index contributed by atoms with van der Waals surface area (Å²) in [6.45, 7) is 0. The predicted octanol–water partition coefficient (Wildman–Crippen LogP) is 2.96. The van der Waals surface area contributed by atoms with Crippen LogP contribution in [0.3, 0.4) is 0 Å². The fourth-order valence-corrected chi connectivity index (χ4v) is 1.88. The number of carbonyl (C=O) groups excluding carboxylic acids is 1. The lowest BCUT2D eigenvalue weighted by atomic mass is 10.1. The molecule has 0 spiro atoms. The molecular weight excluding hydrogens is 168 g/mol. The molecule has 0 saturated heterocycles. The Hall–Kier alpha value is -0.630. The second kappa shape index (κ2) is 5.95. The molecule has 0 aromatic carbocycles. The standard InChI is InChI=1S/C10H13OS/c11-8-4-2-1-3-6-10-7-5-9-12-10/h5,7,9H,1-4,6H2. The number of aryl methyl sites for hydroxylation is 1. The van der Waals surface area contributed by atoms with Crippen LogP contribution >= 0.6 is 11.3 Å². The molecule has 0 amide bonds. The Morgan fingerprint density at radius 3 is 2.92 bits per heavy atom. The molecule has 0 saturated carbocycles. The Kier molecular flexibility index (Phi) is 4.69. The number of hydrogen-bond acceptors (Lipinski definition) is 2. The van der Waals surface area contributed by atoms with Crippen molar-refractivity contribution in [3.8, 4) is 0 Å². The van der Waals surface area contributed by atoms with Crippen LogP contribution in [0.1, 0.15) is 30.6 Å². The zero-order valence-corrected chi connectivity index (χ0v) is 7.90. The maximum absolute atomic E-state index is 9.87. The molecule has 0 N–H and O–H groups in total. The molecule has 0 fully saturated rings. The van der Waals surface area contributed by atoms with Gasteiger partial charge in [-0.1, -0.05) is 12.5 Å². The topological polar surface area (TPSA) is 17.1 Å². The quantitative estimate of drug-likeness (QED) is 0.617. The monoisotopic (exact) mass is 181 g/mol. The van der Waals surface area contributed by atoms with E-state index in [1.54, 1.807) is 0 Å². The highest BCUT2D eigenvalue weighted by Gasteiger charge is 1.93. The Balaban J connectivity index is 2.00. The van der Waals surface area contributed by atoms with E-state index >= 15 is 0 Å². The van der Waals surface area contributed by atoms with Gasteiger partial charge < -0.3 is 0 Å². The van der Waals surface area contributed by atoms with Gasteiger partial charge in [-0.25, -0.2) is 0 Å². The van der Waals surface area contributed by atoms with Gasteiger partial charge in [0.1, 0.15) is 0 Å². The van der Waals surface area contributed by atoms with Crippen molar-refractivity contribution in [1.29, 1.82) is 0 Å². The van der Waals surface area contributed by atoms with Gasteiger partial charge in [-0.15, -0.1) is 11.3 Å². The van der Waals surface area contributed by atoms with Gasteiger partial charge in [-0.05, 0) is 30.7 Å². The molecule has 0 atom stereocenters. The van der Waals surface area contributed by atoms with Gasteiger partial charge in [0, 0.05) is 11.3 Å². The minimum absolute atomic E-state index is 0.602. The predicted molar refractivity (Wildman–Crippen MR) is 52.2 cm³/mol. The van der Waals surface area contributed by atoms with Gasteiger partial charge in [0.25, 0.3) is 0 Å². The number of thiophene rings is 1. The van der Waals surface area contributed by atoms with Crippen LogP contribution in [-0.4, -0.2) is 6.29 Å². The van der Waals surface area contributed by atoms with Crippen molar-refractivity contribution >= 4 is 17.6 Å². The summed E-state index contributed by atoms with van der Waals surface area (Å²) in [5.41, 5.74) is 0. The van der Waals surface area contributed by atoms with Crippen LogP contribution in [0.25, 0.3) is 0 Å². The summed E-state index contributed by atoms with van der Waals surface area (Å²) < 4.78 is 0. The molecule has 1 aromatic rings. The minimum Gasteiger partial charge on any atom is -0.291 e. The second-order valence-electron chi connectivity index (χ2n) is 2.78. The molecular formula is C10H13OS. The lowest BCUT2D eigenvalue weighted by Crippen LogP contribution is -1.82. The van der Waals surface area contributed by atoms with Crippen molar-refractivity contribution in [2.45, 2.75) is 32.1 Å². The molecule has 0 aliphatic carbocycles. The van der Waals surface area contributed by atoms with Crippen LogP contribution in [0.15, 0.2) is 17.5 Å².